The van der Waals surface area contributed by atoms with Gasteiger partial charge in [0.2, 0.25) is 5.91 Å². The predicted molar refractivity (Wildman–Crippen MR) is 67.3 cm³/mol. The van der Waals surface area contributed by atoms with E-state index in [-0.39, 0.29) is 11.7 Å². The number of anilines is 1. The van der Waals surface area contributed by atoms with Crippen LogP contribution in [0.2, 0.25) is 0 Å². The van der Waals surface area contributed by atoms with Gasteiger partial charge in [-0.05, 0) is 38.0 Å². The molecule has 0 spiro atoms. The van der Waals surface area contributed by atoms with Gasteiger partial charge in [-0.15, -0.1) is 0 Å². The van der Waals surface area contributed by atoms with Crippen molar-refractivity contribution in [3.63, 3.8) is 0 Å². The lowest BCUT2D eigenvalue weighted by Crippen LogP contribution is -2.33. The van der Waals surface area contributed by atoms with Gasteiger partial charge in [0.25, 0.3) is 0 Å². The number of amides is 1. The van der Waals surface area contributed by atoms with Crippen molar-refractivity contribution in [1.29, 1.82) is 0 Å². The van der Waals surface area contributed by atoms with Crippen LogP contribution in [0.4, 0.5) is 5.69 Å². The molecule has 3 heteroatoms. The minimum Gasteiger partial charge on any atom is -0.314 e. The van der Waals surface area contributed by atoms with Gasteiger partial charge in [-0.25, -0.2) is 0 Å². The first-order valence-electron chi connectivity index (χ1n) is 5.75. The summed E-state index contributed by atoms with van der Waals surface area (Å²) in [5.74, 6) is 0.243. The van der Waals surface area contributed by atoms with E-state index in [1.165, 1.54) is 0 Å². The number of Topliss-reactive ketones (excluding diaryl/α,β-unsaturated/α-hetero) is 1. The van der Waals surface area contributed by atoms with Gasteiger partial charge in [-0.1, -0.05) is 12.1 Å². The zero-order valence-corrected chi connectivity index (χ0v) is 10.7. The van der Waals surface area contributed by atoms with Gasteiger partial charge >= 0.3 is 0 Å². The van der Waals surface area contributed by atoms with Crippen LogP contribution in [0.5, 0.6) is 0 Å². The lowest BCUT2D eigenvalue weighted by atomic mass is 9.85. The van der Waals surface area contributed by atoms with Crippen molar-refractivity contribution < 1.29 is 9.59 Å². The van der Waals surface area contributed by atoms with E-state index in [0.29, 0.717) is 6.42 Å². The number of hydrogen-bond donors (Lipinski definition) is 0. The molecular weight excluding hydrogens is 214 g/mol. The molecule has 1 aliphatic rings. The van der Waals surface area contributed by atoms with Crippen LogP contribution in [-0.4, -0.2) is 18.7 Å². The minimum absolute atomic E-state index is 0.104. The molecule has 17 heavy (non-hydrogen) atoms. The summed E-state index contributed by atoms with van der Waals surface area (Å²) in [5.41, 5.74) is 2.46. The molecule has 0 bridgehead atoms. The van der Waals surface area contributed by atoms with Crippen molar-refractivity contribution in [1.82, 2.24) is 0 Å². The highest BCUT2D eigenvalue weighted by Gasteiger charge is 2.42. The third-order valence-electron chi connectivity index (χ3n) is 3.39. The number of carbonyl (C=O) groups excluding carboxylic acids is 2. The number of rotatable bonds is 2. The second-order valence-corrected chi connectivity index (χ2v) is 5.22. The number of carbonyl (C=O) groups is 2. The molecule has 0 aromatic heterocycles. The average molecular weight is 231 g/mol. The summed E-state index contributed by atoms with van der Waals surface area (Å²) < 4.78 is 0. The van der Waals surface area contributed by atoms with Gasteiger partial charge in [0.05, 0.1) is 5.41 Å². The maximum atomic E-state index is 12.1. The molecule has 1 aliphatic heterocycles. The van der Waals surface area contributed by atoms with Crippen molar-refractivity contribution >= 4 is 17.4 Å². The normalized spacial score (nSPS) is 17.2. The first-order valence-corrected chi connectivity index (χ1v) is 5.75. The molecule has 0 aliphatic carbocycles. The minimum atomic E-state index is -0.489. The summed E-state index contributed by atoms with van der Waals surface area (Å²) in [6.45, 7) is 5.43. The molecule has 1 amide bonds. The van der Waals surface area contributed by atoms with Crippen molar-refractivity contribution in [2.75, 3.05) is 11.9 Å². The first kappa shape index (κ1) is 11.8. The Morgan fingerprint density at radius 1 is 1.35 bits per heavy atom. The van der Waals surface area contributed by atoms with E-state index < -0.39 is 5.41 Å². The van der Waals surface area contributed by atoms with E-state index in [0.717, 1.165) is 16.8 Å². The summed E-state index contributed by atoms with van der Waals surface area (Å²) in [6.07, 6.45) is 0.432. The third kappa shape index (κ3) is 1.75. The van der Waals surface area contributed by atoms with Gasteiger partial charge < -0.3 is 4.90 Å². The molecule has 1 heterocycles. The lowest BCUT2D eigenvalue weighted by Gasteiger charge is -2.16. The van der Waals surface area contributed by atoms with Crippen molar-refractivity contribution in [2.24, 2.45) is 0 Å². The zero-order valence-electron chi connectivity index (χ0n) is 10.7. The Hall–Kier alpha value is -1.64. The highest BCUT2D eigenvalue weighted by molar-refractivity contribution is 6.07. The van der Waals surface area contributed by atoms with E-state index in [9.17, 15) is 9.59 Å². The fourth-order valence-corrected chi connectivity index (χ4v) is 2.42. The quantitative estimate of drug-likeness (QED) is 0.781. The molecule has 0 saturated heterocycles. The van der Waals surface area contributed by atoms with Gasteiger partial charge in [-0.3, -0.25) is 9.59 Å². The predicted octanol–water partition coefficient (Wildman–Crippen LogP) is 2.07. The van der Waals surface area contributed by atoms with Crippen LogP contribution in [-0.2, 0) is 21.4 Å². The zero-order chi connectivity index (χ0) is 12.8. The standard InChI is InChI=1S/C14H17NO2/c1-9(16)7-10-5-6-12-11(8-10)14(2,3)13(17)15(12)4/h5-6,8H,7H2,1-4H3. The molecule has 0 N–H and O–H groups in total. The fraction of sp³-hybridized carbons (Fsp3) is 0.429. The summed E-state index contributed by atoms with van der Waals surface area (Å²) in [4.78, 5) is 24.9. The highest BCUT2D eigenvalue weighted by Crippen LogP contribution is 2.41. The van der Waals surface area contributed by atoms with E-state index in [1.54, 1.807) is 18.9 Å². The van der Waals surface area contributed by atoms with Crippen LogP contribution in [0.3, 0.4) is 0 Å². The summed E-state index contributed by atoms with van der Waals surface area (Å²) in [5, 5.41) is 0. The molecule has 0 unspecified atom stereocenters. The smallest absolute Gasteiger partial charge is 0.236 e. The largest absolute Gasteiger partial charge is 0.314 e. The molecule has 1 aromatic rings. The summed E-state index contributed by atoms with van der Waals surface area (Å²) in [6, 6.07) is 5.84. The van der Waals surface area contributed by atoms with Gasteiger partial charge in [0.15, 0.2) is 0 Å². The molecule has 0 atom stereocenters. The Morgan fingerprint density at radius 2 is 2.00 bits per heavy atom. The van der Waals surface area contributed by atoms with Crippen LogP contribution in [0.15, 0.2) is 18.2 Å². The Bertz CT molecular complexity index is 503. The van der Waals surface area contributed by atoms with Crippen LogP contribution in [0.25, 0.3) is 0 Å². The third-order valence-corrected chi connectivity index (χ3v) is 3.39. The Balaban J connectivity index is 2.50. The van der Waals surface area contributed by atoms with Crippen LogP contribution in [0.1, 0.15) is 31.9 Å². The van der Waals surface area contributed by atoms with E-state index >= 15 is 0 Å². The van der Waals surface area contributed by atoms with Gasteiger partial charge in [-0.2, -0.15) is 0 Å². The first-order chi connectivity index (χ1) is 7.84. The molecule has 2 rings (SSSR count). The average Bonchev–Trinajstić information content (AvgIpc) is 2.40. The molecule has 0 fully saturated rings. The molecule has 3 nitrogen and oxygen atoms in total. The van der Waals surface area contributed by atoms with Crippen LogP contribution < -0.4 is 4.90 Å². The topological polar surface area (TPSA) is 37.4 Å². The Morgan fingerprint density at radius 3 is 2.59 bits per heavy atom. The number of hydrogen-bond acceptors (Lipinski definition) is 2. The summed E-state index contributed by atoms with van der Waals surface area (Å²) in [7, 11) is 1.79. The lowest BCUT2D eigenvalue weighted by molar-refractivity contribution is -0.121. The highest BCUT2D eigenvalue weighted by atomic mass is 16.2. The second kappa shape index (κ2) is 3.69. The van der Waals surface area contributed by atoms with Crippen LogP contribution in [0, 0.1) is 0 Å². The Labute approximate surface area is 101 Å². The van der Waals surface area contributed by atoms with Crippen molar-refractivity contribution in [3.8, 4) is 0 Å². The second-order valence-electron chi connectivity index (χ2n) is 5.22. The molecule has 1 aromatic carbocycles. The maximum Gasteiger partial charge on any atom is 0.236 e. The molecule has 0 saturated carbocycles. The Kier molecular flexibility index (Phi) is 2.57. The number of fused-ring (bicyclic) bond motifs is 1. The SMILES string of the molecule is CC(=O)Cc1ccc2c(c1)C(C)(C)C(=O)N2C. The molecule has 0 radical (unpaired) electrons. The summed E-state index contributed by atoms with van der Waals surface area (Å²) >= 11 is 0. The van der Waals surface area contributed by atoms with Crippen LogP contribution >= 0.6 is 0 Å². The van der Waals surface area contributed by atoms with E-state index in [4.69, 9.17) is 0 Å². The molecule has 90 valence electrons. The van der Waals surface area contributed by atoms with Crippen molar-refractivity contribution in [3.05, 3.63) is 29.3 Å². The number of likely N-dealkylation sites (N-methyl/N-ethyl adjacent to an activating group) is 1. The molecular formula is C14H17NO2. The maximum absolute atomic E-state index is 12.1. The fourth-order valence-electron chi connectivity index (χ4n) is 2.42. The number of benzene rings is 1. The van der Waals surface area contributed by atoms with Gasteiger partial charge in [0.1, 0.15) is 5.78 Å². The van der Waals surface area contributed by atoms with E-state index in [1.807, 2.05) is 32.0 Å². The van der Waals surface area contributed by atoms with E-state index in [2.05, 4.69) is 0 Å². The van der Waals surface area contributed by atoms with Crippen molar-refractivity contribution in [2.45, 2.75) is 32.6 Å². The number of ketones is 1. The number of nitrogens with zero attached hydrogens (tertiary/aromatic N) is 1. The van der Waals surface area contributed by atoms with Gasteiger partial charge in [0, 0.05) is 19.2 Å². The monoisotopic (exact) mass is 231 g/mol.